The van der Waals surface area contributed by atoms with Crippen LogP contribution < -0.4 is 14.8 Å². The number of carbonyl (C=O) groups excluding carboxylic acids is 3. The summed E-state index contributed by atoms with van der Waals surface area (Å²) in [7, 11) is 0. The van der Waals surface area contributed by atoms with Crippen molar-refractivity contribution in [3.63, 3.8) is 0 Å². The molecule has 1 aromatic heterocycles. The number of benzene rings is 3. The summed E-state index contributed by atoms with van der Waals surface area (Å²) >= 11 is 1.41. The topological polar surface area (TPSA) is 114 Å². The highest BCUT2D eigenvalue weighted by atomic mass is 32.1. The van der Waals surface area contributed by atoms with Crippen molar-refractivity contribution >= 4 is 39.1 Å². The molecule has 62 heavy (non-hydrogen) atoms. The fourth-order valence-electron chi connectivity index (χ4n) is 6.58. The van der Waals surface area contributed by atoms with E-state index >= 15 is 0 Å². The van der Waals surface area contributed by atoms with Crippen LogP contribution in [0.2, 0.25) is 0 Å². The molecule has 1 aliphatic heterocycles. The normalized spacial score (nSPS) is 13.8. The molecule has 0 bridgehead atoms. The fourth-order valence-corrected chi connectivity index (χ4v) is 7.81. The smallest absolute Gasteiger partial charge is 0.312 e. The highest BCUT2D eigenvalue weighted by Gasteiger charge is 2.23. The Labute approximate surface area is 370 Å². The van der Waals surface area contributed by atoms with E-state index < -0.39 is 5.97 Å². The van der Waals surface area contributed by atoms with E-state index in [0.29, 0.717) is 42.1 Å². The van der Waals surface area contributed by atoms with Crippen molar-refractivity contribution in [1.82, 2.24) is 10.2 Å². The Hall–Kier alpha value is -5.81. The van der Waals surface area contributed by atoms with Crippen molar-refractivity contribution in [3.05, 3.63) is 151 Å². The number of allylic oxidation sites excluding steroid dienone is 12. The van der Waals surface area contributed by atoms with Gasteiger partial charge in [-0.1, -0.05) is 79.8 Å². The molecule has 0 saturated carbocycles. The van der Waals surface area contributed by atoms with Gasteiger partial charge in [-0.25, -0.2) is 0 Å². The van der Waals surface area contributed by atoms with Gasteiger partial charge in [-0.15, -0.1) is 11.3 Å². The molecule has 3 aromatic carbocycles. The second-order valence-electron chi connectivity index (χ2n) is 14.7. The van der Waals surface area contributed by atoms with Crippen LogP contribution >= 0.6 is 11.3 Å². The molecule has 0 spiro atoms. The first-order chi connectivity index (χ1) is 30.4. The van der Waals surface area contributed by atoms with Gasteiger partial charge >= 0.3 is 5.97 Å². The van der Waals surface area contributed by atoms with E-state index in [9.17, 15) is 19.5 Å². The van der Waals surface area contributed by atoms with Crippen molar-refractivity contribution in [2.45, 2.75) is 64.7 Å². The zero-order chi connectivity index (χ0) is 43.6. The third-order valence-corrected chi connectivity index (χ3v) is 11.1. The Morgan fingerprint density at radius 3 is 1.97 bits per heavy atom. The Morgan fingerprint density at radius 2 is 1.34 bits per heavy atom. The van der Waals surface area contributed by atoms with E-state index in [-0.39, 0.29) is 30.4 Å². The lowest BCUT2D eigenvalue weighted by Gasteiger charge is -2.26. The zero-order valence-electron chi connectivity index (χ0n) is 35.8. The van der Waals surface area contributed by atoms with Crippen LogP contribution in [0.4, 0.5) is 0 Å². The Kier molecular flexibility index (Phi) is 20.7. The molecule has 2 heterocycles. The summed E-state index contributed by atoms with van der Waals surface area (Å²) < 4.78 is 17.8. The molecule has 0 radical (unpaired) electrons. The molecular formula is C52H60N2O7S. The number of aromatic hydroxyl groups is 1. The van der Waals surface area contributed by atoms with Crippen molar-refractivity contribution in [1.29, 1.82) is 0 Å². The van der Waals surface area contributed by atoms with Gasteiger partial charge in [0.15, 0.2) is 5.78 Å². The first-order valence-electron chi connectivity index (χ1n) is 21.7. The number of thiophene rings is 1. The number of carbonyl (C=O) groups is 3. The third-order valence-electron chi connectivity index (χ3n) is 9.93. The summed E-state index contributed by atoms with van der Waals surface area (Å²) in [6.45, 7) is 6.93. The highest BCUT2D eigenvalue weighted by Crippen LogP contribution is 2.41. The second-order valence-corrected chi connectivity index (χ2v) is 15.7. The maximum atomic E-state index is 14.1. The van der Waals surface area contributed by atoms with Crippen LogP contribution in [-0.4, -0.2) is 73.7 Å². The molecule has 4 aromatic rings. The van der Waals surface area contributed by atoms with Crippen LogP contribution in [0.5, 0.6) is 17.2 Å². The SMILES string of the molecule is CC/C=C\C/C=C\C/C=C\C/C=C\C/C=C\C/C=C\CCC(=O)NCCC(=O)Oc1ccc2c(C(=O)c3ccc(OCCN4CCOCC4)cc3)c(-c3ccc(O)cc3)sc2c1. The van der Waals surface area contributed by atoms with E-state index in [0.717, 1.165) is 91.9 Å². The molecule has 326 valence electrons. The van der Waals surface area contributed by atoms with Crippen LogP contribution in [0.1, 0.15) is 80.6 Å². The molecule has 1 saturated heterocycles. The largest absolute Gasteiger partial charge is 0.508 e. The van der Waals surface area contributed by atoms with Crippen LogP contribution in [0.25, 0.3) is 20.5 Å². The first-order valence-corrected chi connectivity index (χ1v) is 22.5. The minimum absolute atomic E-state index is 0.0174. The van der Waals surface area contributed by atoms with Crippen LogP contribution in [0.15, 0.2) is 140 Å². The summed E-state index contributed by atoms with van der Waals surface area (Å²) in [5.41, 5.74) is 1.83. The number of phenolic OH excluding ortho intramolecular Hbond substituents is 1. The van der Waals surface area contributed by atoms with Gasteiger partial charge < -0.3 is 24.6 Å². The third kappa shape index (κ3) is 16.6. The number of hydrogen-bond acceptors (Lipinski definition) is 9. The molecule has 5 rings (SSSR count). The Morgan fingerprint density at radius 1 is 0.742 bits per heavy atom. The van der Waals surface area contributed by atoms with E-state index in [1.165, 1.54) is 11.3 Å². The van der Waals surface area contributed by atoms with Crippen LogP contribution in [0, 0.1) is 0 Å². The van der Waals surface area contributed by atoms with Crippen molar-refractivity contribution in [2.24, 2.45) is 0 Å². The number of morpholine rings is 1. The Balaban J connectivity index is 1.03. The molecular weight excluding hydrogens is 797 g/mol. The van der Waals surface area contributed by atoms with Gasteiger partial charge in [-0.3, -0.25) is 19.3 Å². The predicted octanol–water partition coefficient (Wildman–Crippen LogP) is 11.1. The molecule has 2 N–H and O–H groups in total. The number of amides is 1. The quantitative estimate of drug-likeness (QED) is 0.0293. The van der Waals surface area contributed by atoms with Crippen molar-refractivity contribution in [3.8, 4) is 27.7 Å². The van der Waals surface area contributed by atoms with Crippen LogP contribution in [-0.2, 0) is 14.3 Å². The van der Waals surface area contributed by atoms with Gasteiger partial charge in [-0.05, 0) is 117 Å². The summed E-state index contributed by atoms with van der Waals surface area (Å²) in [5.74, 6) is 0.420. The van der Waals surface area contributed by atoms with E-state index in [4.69, 9.17) is 14.2 Å². The lowest BCUT2D eigenvalue weighted by molar-refractivity contribution is -0.134. The van der Waals surface area contributed by atoms with Gasteiger partial charge in [0.25, 0.3) is 0 Å². The number of nitrogens with one attached hydrogen (secondary N) is 1. The van der Waals surface area contributed by atoms with E-state index in [2.05, 4.69) is 84.0 Å². The number of rotatable bonds is 25. The average molecular weight is 857 g/mol. The summed E-state index contributed by atoms with van der Waals surface area (Å²) in [6.07, 6.45) is 32.5. The molecule has 1 fully saturated rings. The number of ether oxygens (including phenoxy) is 3. The maximum Gasteiger partial charge on any atom is 0.312 e. The van der Waals surface area contributed by atoms with Gasteiger partial charge in [0.2, 0.25) is 5.91 Å². The first kappa shape index (κ1) is 47.2. The van der Waals surface area contributed by atoms with Gasteiger partial charge in [0.05, 0.1) is 19.6 Å². The standard InChI is InChI=1S/C52H60N2O7S/c1-2-3-4-5-6-7-8-9-10-11-12-13-14-15-16-17-18-19-20-21-48(56)53-33-32-49(57)61-45-30-31-46-47(40-45)62-52(42-22-26-43(55)27-23-42)50(46)51(58)41-24-28-44(29-25-41)60-39-36-54-34-37-59-38-35-54/h3-4,6-7,9-10,12-13,15-16,18-19,22-31,40,55H,2,5,8,11,14,17,20-21,32-39H2,1H3,(H,53,56)/b4-3-,7-6-,10-9-,13-12-,16-15-,19-18-. The molecule has 9 nitrogen and oxygen atoms in total. The molecule has 0 atom stereocenters. The average Bonchev–Trinajstić information content (AvgIpc) is 3.66. The van der Waals surface area contributed by atoms with Gasteiger partial charge in [-0.2, -0.15) is 0 Å². The fraction of sp³-hybridized carbons (Fsp3) is 0.327. The predicted molar refractivity (Wildman–Crippen MR) is 252 cm³/mol. The zero-order valence-corrected chi connectivity index (χ0v) is 36.7. The van der Waals surface area contributed by atoms with Crippen molar-refractivity contribution < 1.29 is 33.7 Å². The van der Waals surface area contributed by atoms with Crippen LogP contribution in [0.3, 0.4) is 0 Å². The van der Waals surface area contributed by atoms with Crippen molar-refractivity contribution in [2.75, 3.05) is 46.0 Å². The minimum Gasteiger partial charge on any atom is -0.508 e. The summed E-state index contributed by atoms with van der Waals surface area (Å²) in [4.78, 5) is 42.3. The number of hydrogen-bond donors (Lipinski definition) is 2. The summed E-state index contributed by atoms with van der Waals surface area (Å²) in [6, 6.07) is 19.2. The number of fused-ring (bicyclic) bond motifs is 1. The number of phenols is 1. The minimum atomic E-state index is -0.472. The maximum absolute atomic E-state index is 14.1. The van der Waals surface area contributed by atoms with Gasteiger partial charge in [0, 0.05) is 58.7 Å². The molecule has 10 heteroatoms. The monoisotopic (exact) mass is 856 g/mol. The van der Waals surface area contributed by atoms with Gasteiger partial charge in [0.1, 0.15) is 23.9 Å². The lowest BCUT2D eigenvalue weighted by Crippen LogP contribution is -2.38. The number of ketones is 1. The van der Waals surface area contributed by atoms with E-state index in [1.807, 2.05) is 18.2 Å². The Bertz CT molecular complexity index is 2190. The number of nitrogens with zero attached hydrogens (tertiary/aromatic N) is 1. The summed E-state index contributed by atoms with van der Waals surface area (Å²) in [5, 5.41) is 13.5. The highest BCUT2D eigenvalue weighted by molar-refractivity contribution is 7.22. The molecule has 0 aliphatic carbocycles. The number of esters is 1. The molecule has 1 aliphatic rings. The second kappa shape index (κ2) is 27.2. The molecule has 1 amide bonds. The lowest BCUT2D eigenvalue weighted by atomic mass is 9.97. The molecule has 0 unspecified atom stereocenters. The van der Waals surface area contributed by atoms with E-state index in [1.54, 1.807) is 54.6 Å².